The number of esters is 4. The van der Waals surface area contributed by atoms with Crippen molar-refractivity contribution in [3.05, 3.63) is 108 Å². The van der Waals surface area contributed by atoms with Crippen molar-refractivity contribution >= 4 is 23.9 Å². The SMILES string of the molecule is CC(C)(C)C(CC1C(=O)OC(=O)C1C(CC1C(=O)OC(=O)C1C(c1ccccc1)C(C)(C)C)c1ccccc1)c1ccccc1. The Bertz CT molecular complexity index is 1520. The van der Waals surface area contributed by atoms with E-state index in [4.69, 9.17) is 9.47 Å². The van der Waals surface area contributed by atoms with Crippen LogP contribution in [0.25, 0.3) is 0 Å². The van der Waals surface area contributed by atoms with Gasteiger partial charge >= 0.3 is 23.9 Å². The van der Waals surface area contributed by atoms with Crippen molar-refractivity contribution < 1.29 is 28.7 Å². The van der Waals surface area contributed by atoms with E-state index in [1.165, 1.54) is 0 Å². The molecular weight excluding hydrogens is 564 g/mol. The van der Waals surface area contributed by atoms with E-state index in [-0.39, 0.29) is 29.1 Å². The highest BCUT2D eigenvalue weighted by atomic mass is 16.6. The van der Waals surface area contributed by atoms with Gasteiger partial charge in [-0.05, 0) is 52.2 Å². The summed E-state index contributed by atoms with van der Waals surface area (Å²) in [6.07, 6.45) is 0.589. The summed E-state index contributed by atoms with van der Waals surface area (Å²) in [5, 5.41) is 0. The van der Waals surface area contributed by atoms with Crippen LogP contribution >= 0.6 is 0 Å². The minimum Gasteiger partial charge on any atom is -0.393 e. The Morgan fingerprint density at radius 3 is 1.40 bits per heavy atom. The van der Waals surface area contributed by atoms with Crippen LogP contribution in [0, 0.1) is 34.5 Å². The Labute approximate surface area is 266 Å². The molecular formula is C39H44O6. The van der Waals surface area contributed by atoms with Crippen LogP contribution in [0.3, 0.4) is 0 Å². The molecule has 0 amide bonds. The summed E-state index contributed by atoms with van der Waals surface area (Å²) in [5.41, 5.74) is 2.28. The van der Waals surface area contributed by atoms with Gasteiger partial charge in [-0.3, -0.25) is 19.2 Å². The zero-order valence-corrected chi connectivity index (χ0v) is 27.1. The Morgan fingerprint density at radius 1 is 0.511 bits per heavy atom. The molecule has 0 saturated carbocycles. The lowest BCUT2D eigenvalue weighted by Crippen LogP contribution is -2.36. The van der Waals surface area contributed by atoms with Crippen molar-refractivity contribution in [3.8, 4) is 0 Å². The van der Waals surface area contributed by atoms with Gasteiger partial charge < -0.3 is 9.47 Å². The van der Waals surface area contributed by atoms with Crippen molar-refractivity contribution in [2.24, 2.45) is 34.5 Å². The van der Waals surface area contributed by atoms with Gasteiger partial charge in [0.25, 0.3) is 0 Å². The number of hydrogen-bond acceptors (Lipinski definition) is 6. The van der Waals surface area contributed by atoms with E-state index < -0.39 is 53.5 Å². The molecule has 236 valence electrons. The molecule has 5 rings (SSSR count). The van der Waals surface area contributed by atoms with Crippen LogP contribution in [0.1, 0.15) is 88.8 Å². The lowest BCUT2D eigenvalue weighted by Gasteiger charge is -2.37. The molecule has 2 saturated heterocycles. The summed E-state index contributed by atoms with van der Waals surface area (Å²) in [7, 11) is 0. The number of cyclic esters (lactones) is 4. The number of carbonyl (C=O) groups excluding carboxylic acids is 4. The van der Waals surface area contributed by atoms with Crippen molar-refractivity contribution in [1.82, 2.24) is 0 Å². The van der Waals surface area contributed by atoms with E-state index in [2.05, 4.69) is 53.7 Å². The first kappa shape index (κ1) is 32.3. The van der Waals surface area contributed by atoms with Gasteiger partial charge in [0.1, 0.15) is 0 Å². The average molecular weight is 609 g/mol. The molecule has 7 unspecified atom stereocenters. The van der Waals surface area contributed by atoms with Gasteiger partial charge in [0.05, 0.1) is 23.7 Å². The Kier molecular flexibility index (Phi) is 9.16. The number of benzene rings is 3. The van der Waals surface area contributed by atoms with E-state index in [9.17, 15) is 19.2 Å². The van der Waals surface area contributed by atoms with E-state index in [0.29, 0.717) is 6.42 Å². The van der Waals surface area contributed by atoms with Crippen LogP contribution < -0.4 is 0 Å². The second kappa shape index (κ2) is 12.7. The first-order chi connectivity index (χ1) is 21.3. The quantitative estimate of drug-likeness (QED) is 0.182. The molecule has 0 aliphatic carbocycles. The molecule has 6 heteroatoms. The summed E-state index contributed by atoms with van der Waals surface area (Å²) in [5.74, 6) is -6.21. The van der Waals surface area contributed by atoms with E-state index >= 15 is 0 Å². The van der Waals surface area contributed by atoms with Crippen molar-refractivity contribution in [3.63, 3.8) is 0 Å². The fourth-order valence-corrected chi connectivity index (χ4v) is 7.71. The molecule has 0 N–H and O–H groups in total. The molecule has 2 heterocycles. The maximum absolute atomic E-state index is 13.7. The molecule has 3 aromatic rings. The zero-order chi connectivity index (χ0) is 32.5. The first-order valence-electron chi connectivity index (χ1n) is 15.9. The minimum atomic E-state index is -0.817. The highest BCUT2D eigenvalue weighted by Crippen LogP contribution is 2.52. The maximum Gasteiger partial charge on any atom is 0.318 e. The summed E-state index contributed by atoms with van der Waals surface area (Å²) in [6, 6.07) is 29.3. The molecule has 0 spiro atoms. The van der Waals surface area contributed by atoms with Gasteiger partial charge in [-0.25, -0.2) is 0 Å². The summed E-state index contributed by atoms with van der Waals surface area (Å²) in [4.78, 5) is 54.2. The lowest BCUT2D eigenvalue weighted by atomic mass is 9.63. The molecule has 2 fully saturated rings. The monoisotopic (exact) mass is 608 g/mol. The number of hydrogen-bond donors (Lipinski definition) is 0. The van der Waals surface area contributed by atoms with Crippen molar-refractivity contribution in [1.29, 1.82) is 0 Å². The Morgan fingerprint density at radius 2 is 0.933 bits per heavy atom. The third-order valence-electron chi connectivity index (χ3n) is 9.78. The smallest absolute Gasteiger partial charge is 0.318 e. The van der Waals surface area contributed by atoms with Crippen LogP contribution in [0.4, 0.5) is 0 Å². The predicted molar refractivity (Wildman–Crippen MR) is 172 cm³/mol. The van der Waals surface area contributed by atoms with Crippen LogP contribution in [0.2, 0.25) is 0 Å². The highest BCUT2D eigenvalue weighted by molar-refractivity contribution is 5.98. The van der Waals surface area contributed by atoms with E-state index in [0.717, 1.165) is 16.7 Å². The highest BCUT2D eigenvalue weighted by Gasteiger charge is 2.56. The molecule has 3 aromatic carbocycles. The maximum atomic E-state index is 13.7. The topological polar surface area (TPSA) is 86.7 Å². The minimum absolute atomic E-state index is 0.0322. The van der Waals surface area contributed by atoms with E-state index in [1.807, 2.05) is 78.9 Å². The molecule has 0 aromatic heterocycles. The molecule has 6 nitrogen and oxygen atoms in total. The Hall–Kier alpha value is -4.06. The van der Waals surface area contributed by atoms with Crippen LogP contribution in [-0.2, 0) is 28.7 Å². The number of carbonyl (C=O) groups is 4. The van der Waals surface area contributed by atoms with Crippen LogP contribution in [0.5, 0.6) is 0 Å². The van der Waals surface area contributed by atoms with Crippen molar-refractivity contribution in [2.45, 2.75) is 72.1 Å². The van der Waals surface area contributed by atoms with Gasteiger partial charge in [-0.1, -0.05) is 133 Å². The lowest BCUT2D eigenvalue weighted by molar-refractivity contribution is -0.156. The molecule has 7 atom stereocenters. The third-order valence-corrected chi connectivity index (χ3v) is 9.78. The van der Waals surface area contributed by atoms with Gasteiger partial charge in [0, 0.05) is 5.92 Å². The molecule has 45 heavy (non-hydrogen) atoms. The summed E-state index contributed by atoms with van der Waals surface area (Å²) in [6.45, 7) is 12.6. The fourth-order valence-electron chi connectivity index (χ4n) is 7.71. The number of rotatable bonds is 9. The Balaban J connectivity index is 1.57. The summed E-state index contributed by atoms with van der Waals surface area (Å²) < 4.78 is 10.8. The molecule has 0 radical (unpaired) electrons. The first-order valence-corrected chi connectivity index (χ1v) is 15.9. The van der Waals surface area contributed by atoms with Gasteiger partial charge in [-0.15, -0.1) is 0 Å². The largest absolute Gasteiger partial charge is 0.393 e. The van der Waals surface area contributed by atoms with Crippen LogP contribution in [-0.4, -0.2) is 23.9 Å². The van der Waals surface area contributed by atoms with E-state index in [1.54, 1.807) is 0 Å². The van der Waals surface area contributed by atoms with Gasteiger partial charge in [-0.2, -0.15) is 0 Å². The third kappa shape index (κ3) is 6.80. The average Bonchev–Trinajstić information content (AvgIpc) is 3.42. The normalized spacial score (nSPS) is 24.2. The molecule has 2 aliphatic rings. The standard InChI is InChI=1S/C39H44O6/c1-38(2,3)30(25-18-12-8-13-19-25)23-29-31(36(42)44-35(29)41)27(24-16-10-7-11-17-24)22-28-32(37(43)45-34(28)40)33(39(4,5)6)26-20-14-9-15-21-26/h7-21,27-33H,22-23H2,1-6H3. The zero-order valence-electron chi connectivity index (χ0n) is 27.1. The predicted octanol–water partition coefficient (Wildman–Crippen LogP) is 7.84. The fraction of sp³-hybridized carbons (Fsp3) is 0.436. The number of ether oxygens (including phenoxy) is 2. The van der Waals surface area contributed by atoms with Gasteiger partial charge in [0.15, 0.2) is 0 Å². The molecule has 0 bridgehead atoms. The summed E-state index contributed by atoms with van der Waals surface area (Å²) >= 11 is 0. The van der Waals surface area contributed by atoms with Crippen molar-refractivity contribution in [2.75, 3.05) is 0 Å². The second-order valence-corrected chi connectivity index (χ2v) is 14.8. The molecule has 2 aliphatic heterocycles. The second-order valence-electron chi connectivity index (χ2n) is 14.8. The van der Waals surface area contributed by atoms with Crippen LogP contribution in [0.15, 0.2) is 91.0 Å². The van der Waals surface area contributed by atoms with Gasteiger partial charge in [0.2, 0.25) is 0 Å².